The highest BCUT2D eigenvalue weighted by Gasteiger charge is 2.25. The van der Waals surface area contributed by atoms with Crippen LogP contribution in [0.5, 0.6) is 0 Å². The van der Waals surface area contributed by atoms with Crippen molar-refractivity contribution < 1.29 is 4.42 Å². The van der Waals surface area contributed by atoms with Crippen LogP contribution in [0.15, 0.2) is 205 Å². The molecule has 0 amide bonds. The largest absolute Gasteiger partial charge is 0.456 e. The Bertz CT molecular complexity index is 3220. The molecule has 0 bridgehead atoms. The first-order chi connectivity index (χ1) is 27.3. The Kier molecular flexibility index (Phi) is 7.39. The van der Waals surface area contributed by atoms with Gasteiger partial charge in [0.2, 0.25) is 0 Å². The molecule has 0 saturated carbocycles. The molecular weight excluding hydrogens is 687 g/mol. The molecule has 9 aromatic carbocycles. The predicted octanol–water partition coefficient (Wildman–Crippen LogP) is 15.6. The van der Waals surface area contributed by atoms with E-state index in [0.717, 1.165) is 39.0 Å². The Morgan fingerprint density at radius 3 is 1.84 bits per heavy atom. The van der Waals surface area contributed by atoms with Gasteiger partial charge in [0.25, 0.3) is 0 Å². The lowest BCUT2D eigenvalue weighted by Gasteiger charge is -2.29. The van der Waals surface area contributed by atoms with Crippen LogP contribution in [0.1, 0.15) is 0 Å². The molecule has 0 unspecified atom stereocenters. The van der Waals surface area contributed by atoms with Gasteiger partial charge >= 0.3 is 0 Å². The maximum atomic E-state index is 6.51. The van der Waals surface area contributed by atoms with E-state index in [1.807, 2.05) is 17.4 Å². The van der Waals surface area contributed by atoms with Gasteiger partial charge in [-0.1, -0.05) is 164 Å². The molecule has 0 saturated heterocycles. The topological polar surface area (TPSA) is 16.4 Å². The second-order valence-electron chi connectivity index (χ2n) is 14.0. The first-order valence-electron chi connectivity index (χ1n) is 18.7. The lowest BCUT2D eigenvalue weighted by Crippen LogP contribution is -2.11. The highest BCUT2D eigenvalue weighted by atomic mass is 32.1. The maximum absolute atomic E-state index is 6.51. The molecule has 2 aromatic heterocycles. The monoisotopic (exact) mass is 719 g/mol. The standard InChI is InChI=1S/C52H33NOS/c1-2-16-34(17-3-1)37-21-6-7-22-39(37)41-26-14-33-49-50(41)43-27-13-30-46(52(43)55-49)53(45-29-15-32-48-51(45)42-24-9-11-31-47(42)54-48)44-28-10-8-23-40(44)38-25-12-19-35-18-4-5-20-36(35)38/h1-33H. The molecule has 0 spiro atoms. The fourth-order valence-corrected chi connectivity index (χ4v) is 9.74. The predicted molar refractivity (Wildman–Crippen MR) is 235 cm³/mol. The summed E-state index contributed by atoms with van der Waals surface area (Å²) in [5.74, 6) is 0. The van der Waals surface area contributed by atoms with Crippen molar-refractivity contribution in [3.05, 3.63) is 200 Å². The third kappa shape index (κ3) is 5.09. The smallest absolute Gasteiger partial charge is 0.137 e. The number of thiophene rings is 1. The number of hydrogen-bond donors (Lipinski definition) is 0. The molecule has 0 N–H and O–H groups in total. The number of benzene rings is 9. The SMILES string of the molecule is c1ccc(-c2ccccc2-c2cccc3sc4c(N(c5ccccc5-c5cccc6ccccc56)c5cccc6oc7ccccc7c56)cccc4c23)cc1. The van der Waals surface area contributed by atoms with E-state index < -0.39 is 0 Å². The van der Waals surface area contributed by atoms with Crippen molar-refractivity contribution >= 4 is 81.3 Å². The number of anilines is 3. The molecule has 11 aromatic rings. The van der Waals surface area contributed by atoms with Crippen molar-refractivity contribution in [1.82, 2.24) is 0 Å². The second-order valence-corrected chi connectivity index (χ2v) is 15.0. The third-order valence-corrected chi connectivity index (χ3v) is 12.1. The van der Waals surface area contributed by atoms with Crippen LogP contribution in [0.25, 0.3) is 86.3 Å². The van der Waals surface area contributed by atoms with E-state index in [0.29, 0.717) is 0 Å². The molecule has 2 nitrogen and oxygen atoms in total. The minimum atomic E-state index is 0.870. The van der Waals surface area contributed by atoms with E-state index in [4.69, 9.17) is 4.42 Å². The molecule has 0 aliphatic carbocycles. The van der Waals surface area contributed by atoms with Gasteiger partial charge in [0, 0.05) is 26.4 Å². The zero-order valence-corrected chi connectivity index (χ0v) is 30.6. The van der Waals surface area contributed by atoms with E-state index in [1.165, 1.54) is 64.3 Å². The summed E-state index contributed by atoms with van der Waals surface area (Å²) in [4.78, 5) is 2.48. The first kappa shape index (κ1) is 31.6. The molecule has 0 radical (unpaired) electrons. The lowest BCUT2D eigenvalue weighted by molar-refractivity contribution is 0.669. The van der Waals surface area contributed by atoms with Gasteiger partial charge in [-0.05, 0) is 75.0 Å². The lowest BCUT2D eigenvalue weighted by atomic mass is 9.92. The van der Waals surface area contributed by atoms with Gasteiger partial charge in [-0.2, -0.15) is 0 Å². The molecule has 55 heavy (non-hydrogen) atoms. The normalized spacial score (nSPS) is 11.6. The summed E-state index contributed by atoms with van der Waals surface area (Å²) in [6.45, 7) is 0. The van der Waals surface area contributed by atoms with Crippen molar-refractivity contribution in [3.8, 4) is 33.4 Å². The van der Waals surface area contributed by atoms with Gasteiger partial charge in [-0.25, -0.2) is 0 Å². The van der Waals surface area contributed by atoms with Crippen LogP contribution in [-0.2, 0) is 0 Å². The van der Waals surface area contributed by atoms with Gasteiger partial charge in [0.05, 0.1) is 27.1 Å². The molecule has 3 heteroatoms. The third-order valence-electron chi connectivity index (χ3n) is 10.9. The summed E-state index contributed by atoms with van der Waals surface area (Å²) >= 11 is 1.87. The summed E-state index contributed by atoms with van der Waals surface area (Å²) < 4.78 is 9.01. The summed E-state index contributed by atoms with van der Waals surface area (Å²) in [6.07, 6.45) is 0. The molecule has 258 valence electrons. The average molecular weight is 720 g/mol. The zero-order chi connectivity index (χ0) is 36.3. The molecule has 0 fully saturated rings. The van der Waals surface area contributed by atoms with Crippen LogP contribution in [0.2, 0.25) is 0 Å². The van der Waals surface area contributed by atoms with Crippen molar-refractivity contribution in [3.63, 3.8) is 0 Å². The van der Waals surface area contributed by atoms with Crippen LogP contribution >= 0.6 is 11.3 Å². The molecule has 11 rings (SSSR count). The minimum absolute atomic E-state index is 0.870. The van der Waals surface area contributed by atoms with Crippen LogP contribution in [0, 0.1) is 0 Å². The number of furan rings is 1. The molecular formula is C52H33NOS. The van der Waals surface area contributed by atoms with E-state index in [-0.39, 0.29) is 0 Å². The second kappa shape index (κ2) is 12.9. The van der Waals surface area contributed by atoms with Crippen molar-refractivity contribution in [1.29, 1.82) is 0 Å². The number of para-hydroxylation sites is 2. The van der Waals surface area contributed by atoms with Gasteiger partial charge in [-0.15, -0.1) is 11.3 Å². The van der Waals surface area contributed by atoms with Crippen molar-refractivity contribution in [2.75, 3.05) is 4.90 Å². The van der Waals surface area contributed by atoms with Crippen LogP contribution < -0.4 is 4.90 Å². The number of rotatable bonds is 6. The van der Waals surface area contributed by atoms with E-state index in [9.17, 15) is 0 Å². The van der Waals surface area contributed by atoms with E-state index >= 15 is 0 Å². The quantitative estimate of drug-likeness (QED) is 0.170. The fourth-order valence-electron chi connectivity index (χ4n) is 8.51. The zero-order valence-electron chi connectivity index (χ0n) is 29.8. The highest BCUT2D eigenvalue weighted by molar-refractivity contribution is 7.26. The molecule has 2 heterocycles. The first-order valence-corrected chi connectivity index (χ1v) is 19.5. The van der Waals surface area contributed by atoms with Crippen LogP contribution in [0.3, 0.4) is 0 Å². The summed E-state index contributed by atoms with van der Waals surface area (Å²) in [7, 11) is 0. The highest BCUT2D eigenvalue weighted by Crippen LogP contribution is 2.52. The van der Waals surface area contributed by atoms with Gasteiger partial charge in [-0.3, -0.25) is 0 Å². The molecule has 0 atom stereocenters. The van der Waals surface area contributed by atoms with Gasteiger partial charge in [0.15, 0.2) is 0 Å². The van der Waals surface area contributed by atoms with E-state index in [1.54, 1.807) is 0 Å². The summed E-state index contributed by atoms with van der Waals surface area (Å²) in [6, 6.07) is 72.1. The Labute approximate surface area is 322 Å². The average Bonchev–Trinajstić information content (AvgIpc) is 3.84. The summed E-state index contributed by atoms with van der Waals surface area (Å²) in [5, 5.41) is 7.17. The van der Waals surface area contributed by atoms with Crippen molar-refractivity contribution in [2.45, 2.75) is 0 Å². The molecule has 0 aliphatic heterocycles. The summed E-state index contributed by atoms with van der Waals surface area (Å²) in [5.41, 5.74) is 12.4. The minimum Gasteiger partial charge on any atom is -0.456 e. The fraction of sp³-hybridized carbons (Fsp3) is 0. The Hall–Kier alpha value is -6.94. The molecule has 0 aliphatic rings. The Morgan fingerprint density at radius 1 is 0.345 bits per heavy atom. The Morgan fingerprint density at radius 2 is 0.927 bits per heavy atom. The van der Waals surface area contributed by atoms with Gasteiger partial charge < -0.3 is 9.32 Å². The van der Waals surface area contributed by atoms with Crippen molar-refractivity contribution in [2.24, 2.45) is 0 Å². The number of nitrogens with zero attached hydrogens (tertiary/aromatic N) is 1. The Balaban J connectivity index is 1.22. The van der Waals surface area contributed by atoms with E-state index in [2.05, 4.69) is 199 Å². The van der Waals surface area contributed by atoms with Crippen LogP contribution in [0.4, 0.5) is 17.1 Å². The number of fused-ring (bicyclic) bond motifs is 7. The van der Waals surface area contributed by atoms with Gasteiger partial charge in [0.1, 0.15) is 11.2 Å². The number of hydrogen-bond acceptors (Lipinski definition) is 3. The van der Waals surface area contributed by atoms with Crippen LogP contribution in [-0.4, -0.2) is 0 Å². The maximum Gasteiger partial charge on any atom is 0.137 e.